The first-order valence-corrected chi connectivity index (χ1v) is 11.9. The summed E-state index contributed by atoms with van der Waals surface area (Å²) < 4.78 is 26.9. The molecule has 0 unspecified atom stereocenters. The normalized spacial score (nSPS) is 19.4. The van der Waals surface area contributed by atoms with E-state index in [9.17, 15) is 9.18 Å². The van der Waals surface area contributed by atoms with Crippen molar-refractivity contribution >= 4 is 5.91 Å². The maximum Gasteiger partial charge on any atom is 0.240 e. The van der Waals surface area contributed by atoms with E-state index in [1.807, 2.05) is 33.7 Å². The molecule has 0 spiro atoms. The van der Waals surface area contributed by atoms with Gasteiger partial charge in [0, 0.05) is 50.0 Å². The van der Waals surface area contributed by atoms with E-state index in [1.54, 1.807) is 32.8 Å². The minimum atomic E-state index is -0.523. The second kappa shape index (κ2) is 9.99. The number of amides is 1. The zero-order valence-corrected chi connectivity index (χ0v) is 20.4. The van der Waals surface area contributed by atoms with Gasteiger partial charge in [0.2, 0.25) is 5.91 Å². The van der Waals surface area contributed by atoms with Crippen LogP contribution in [0, 0.1) is 17.1 Å². The van der Waals surface area contributed by atoms with Crippen molar-refractivity contribution < 1.29 is 18.7 Å². The highest BCUT2D eigenvalue weighted by Crippen LogP contribution is 2.34. The Morgan fingerprint density at radius 1 is 1.11 bits per heavy atom. The van der Waals surface area contributed by atoms with Gasteiger partial charge in [-0.2, -0.15) is 5.26 Å². The fraction of sp³-hybridized carbons (Fsp3) is 0.370. The van der Waals surface area contributed by atoms with Gasteiger partial charge in [-0.15, -0.1) is 0 Å². The summed E-state index contributed by atoms with van der Waals surface area (Å²) in [6, 6.07) is 12.2. The van der Waals surface area contributed by atoms with E-state index in [2.05, 4.69) is 9.88 Å². The summed E-state index contributed by atoms with van der Waals surface area (Å²) in [5, 5.41) is 8.97. The Balaban J connectivity index is 1.29. The highest BCUT2D eigenvalue weighted by molar-refractivity contribution is 5.83. The number of carbonyl (C=O) groups excluding carboxylic acids is 1. The highest BCUT2D eigenvalue weighted by Gasteiger charge is 2.45. The number of hydrogen-bond acceptors (Lipinski definition) is 6. The van der Waals surface area contributed by atoms with E-state index < -0.39 is 5.82 Å². The molecule has 2 aliphatic heterocycles. The molecule has 2 bridgehead atoms. The summed E-state index contributed by atoms with van der Waals surface area (Å²) in [7, 11) is 3.24. The van der Waals surface area contributed by atoms with Crippen molar-refractivity contribution in [3.63, 3.8) is 0 Å². The number of likely N-dealkylation sites (tertiary alicyclic amines) is 1. The number of benzene rings is 2. The van der Waals surface area contributed by atoms with Gasteiger partial charge in [0.25, 0.3) is 0 Å². The number of rotatable bonds is 8. The molecule has 5 rings (SSSR count). The predicted octanol–water partition coefficient (Wildman–Crippen LogP) is 3.33. The van der Waals surface area contributed by atoms with Gasteiger partial charge in [-0.3, -0.25) is 9.69 Å². The maximum atomic E-state index is 14.1. The number of halogens is 1. The minimum Gasteiger partial charge on any atom is -0.497 e. The van der Waals surface area contributed by atoms with Crippen molar-refractivity contribution in [1.29, 1.82) is 5.26 Å². The first-order valence-electron chi connectivity index (χ1n) is 11.9. The van der Waals surface area contributed by atoms with Crippen molar-refractivity contribution in [2.24, 2.45) is 0 Å². The first-order chi connectivity index (χ1) is 17.5. The molecule has 0 N–H and O–H groups in total. The molecule has 186 valence electrons. The molecule has 0 radical (unpaired) electrons. The van der Waals surface area contributed by atoms with E-state index in [0.717, 1.165) is 29.7 Å². The number of imidazole rings is 1. The van der Waals surface area contributed by atoms with E-state index >= 15 is 0 Å². The van der Waals surface area contributed by atoms with E-state index in [-0.39, 0.29) is 23.6 Å². The molecule has 8 nitrogen and oxygen atoms in total. The Kier molecular flexibility index (Phi) is 6.61. The molecular formula is C27H28FN5O3. The smallest absolute Gasteiger partial charge is 0.240 e. The van der Waals surface area contributed by atoms with Gasteiger partial charge < -0.3 is 18.9 Å². The lowest BCUT2D eigenvalue weighted by atomic mass is 10.1. The van der Waals surface area contributed by atoms with Crippen LogP contribution in [0.5, 0.6) is 11.5 Å². The maximum absolute atomic E-state index is 14.1. The van der Waals surface area contributed by atoms with E-state index in [0.29, 0.717) is 37.7 Å². The molecule has 3 heterocycles. The van der Waals surface area contributed by atoms with Crippen molar-refractivity contribution in [2.45, 2.75) is 44.6 Å². The summed E-state index contributed by atoms with van der Waals surface area (Å²) in [6.07, 6.45) is 5.32. The van der Waals surface area contributed by atoms with E-state index in [1.165, 1.54) is 12.1 Å². The van der Waals surface area contributed by atoms with Crippen molar-refractivity contribution in [3.05, 3.63) is 77.1 Å². The number of piperazine rings is 1. The topological polar surface area (TPSA) is 83.6 Å². The second-order valence-corrected chi connectivity index (χ2v) is 9.25. The molecule has 3 aromatic rings. The van der Waals surface area contributed by atoms with Crippen LogP contribution in [0.1, 0.15) is 35.2 Å². The molecule has 36 heavy (non-hydrogen) atoms. The Hall–Kier alpha value is -3.90. The average molecular weight is 490 g/mol. The lowest BCUT2D eigenvalue weighted by Gasteiger charge is -2.40. The van der Waals surface area contributed by atoms with Gasteiger partial charge >= 0.3 is 0 Å². The van der Waals surface area contributed by atoms with Gasteiger partial charge in [-0.1, -0.05) is 6.07 Å². The van der Waals surface area contributed by atoms with Crippen LogP contribution in [0.4, 0.5) is 4.39 Å². The summed E-state index contributed by atoms with van der Waals surface area (Å²) >= 11 is 0. The number of nitrogens with zero attached hydrogens (tertiary/aromatic N) is 5. The van der Waals surface area contributed by atoms with Crippen molar-refractivity contribution in [2.75, 3.05) is 20.8 Å². The predicted molar refractivity (Wildman–Crippen MR) is 130 cm³/mol. The van der Waals surface area contributed by atoms with Crippen molar-refractivity contribution in [3.8, 4) is 17.6 Å². The number of hydrogen-bond donors (Lipinski definition) is 0. The number of carbonyl (C=O) groups is 1. The molecule has 2 fully saturated rings. The van der Waals surface area contributed by atoms with Crippen LogP contribution in [0.15, 0.2) is 48.9 Å². The van der Waals surface area contributed by atoms with Crippen molar-refractivity contribution in [1.82, 2.24) is 19.4 Å². The zero-order chi connectivity index (χ0) is 25.2. The number of methoxy groups -OCH3 is 2. The van der Waals surface area contributed by atoms with Crippen LogP contribution >= 0.6 is 0 Å². The number of ether oxygens (including phenoxy) is 2. The molecule has 0 aliphatic carbocycles. The van der Waals surface area contributed by atoms with Crippen LogP contribution < -0.4 is 9.47 Å². The summed E-state index contributed by atoms with van der Waals surface area (Å²) in [5.41, 5.74) is 2.70. The van der Waals surface area contributed by atoms with Gasteiger partial charge in [0.1, 0.15) is 23.4 Å². The molecule has 0 saturated carbocycles. The molecule has 1 amide bonds. The number of aromatic nitrogens is 2. The second-order valence-electron chi connectivity index (χ2n) is 9.25. The zero-order valence-electron chi connectivity index (χ0n) is 20.4. The number of fused-ring (bicyclic) bond motifs is 2. The molecular weight excluding hydrogens is 461 g/mol. The van der Waals surface area contributed by atoms with E-state index in [4.69, 9.17) is 14.7 Å². The van der Waals surface area contributed by atoms with Crippen LogP contribution in [-0.2, 0) is 24.4 Å². The summed E-state index contributed by atoms with van der Waals surface area (Å²) in [5.74, 6) is 1.03. The third-order valence-corrected chi connectivity index (χ3v) is 7.18. The average Bonchev–Trinajstić information content (AvgIpc) is 3.45. The largest absolute Gasteiger partial charge is 0.497 e. The van der Waals surface area contributed by atoms with Crippen LogP contribution in [0.2, 0.25) is 0 Å². The molecule has 2 aromatic carbocycles. The highest BCUT2D eigenvalue weighted by atomic mass is 19.1. The molecule has 2 saturated heterocycles. The van der Waals surface area contributed by atoms with Crippen LogP contribution in [0.3, 0.4) is 0 Å². The Morgan fingerprint density at radius 3 is 2.72 bits per heavy atom. The monoisotopic (exact) mass is 489 g/mol. The van der Waals surface area contributed by atoms with Gasteiger partial charge in [0.15, 0.2) is 0 Å². The molecule has 9 heteroatoms. The van der Waals surface area contributed by atoms with Gasteiger partial charge in [-0.05, 0) is 42.7 Å². The lowest BCUT2D eigenvalue weighted by Crippen LogP contribution is -2.56. The SMILES string of the molecule is COc1ccc(CN2C[C@@H]3CC[C@H](C2=O)N3Cc2cncn2Cc2ccc(C#N)c(F)c2)c(OC)c1. The van der Waals surface area contributed by atoms with Crippen LogP contribution in [0.25, 0.3) is 0 Å². The summed E-state index contributed by atoms with van der Waals surface area (Å²) in [4.78, 5) is 22.0. The number of nitriles is 1. The standard InChI is InChI=1S/C27H28FN5O3/c1-35-23-7-5-20(26(10-23)36-2)14-31-15-21-6-8-25(27(31)34)33(21)16-22-12-30-17-32(22)13-18-3-4-19(11-29)24(28)9-18/h3-5,7,9-10,12,17,21,25H,6,8,13-16H2,1-2H3/t21-,25+/m0/s1. The van der Waals surface area contributed by atoms with Gasteiger partial charge in [-0.25, -0.2) is 9.37 Å². The Morgan fingerprint density at radius 2 is 1.97 bits per heavy atom. The van der Waals surface area contributed by atoms with Crippen LogP contribution in [-0.4, -0.2) is 58.1 Å². The third-order valence-electron chi connectivity index (χ3n) is 7.18. The minimum absolute atomic E-state index is 0.0322. The quantitative estimate of drug-likeness (QED) is 0.483. The molecule has 1 aromatic heterocycles. The molecule has 2 aliphatic rings. The Labute approximate surface area is 209 Å². The lowest BCUT2D eigenvalue weighted by molar-refractivity contribution is -0.142. The molecule has 2 atom stereocenters. The Bertz CT molecular complexity index is 1320. The summed E-state index contributed by atoms with van der Waals surface area (Å²) in [6.45, 7) is 2.19. The first kappa shape index (κ1) is 23.8. The third kappa shape index (κ3) is 4.52. The van der Waals surface area contributed by atoms with Gasteiger partial charge in [0.05, 0.1) is 37.8 Å². The fourth-order valence-electron chi connectivity index (χ4n) is 5.28. The fourth-order valence-corrected chi connectivity index (χ4v) is 5.28.